The van der Waals surface area contributed by atoms with Gasteiger partial charge in [-0.15, -0.1) is 0 Å². The first-order valence-corrected chi connectivity index (χ1v) is 6.76. The van der Waals surface area contributed by atoms with Crippen LogP contribution in [0.15, 0.2) is 12.2 Å². The highest BCUT2D eigenvalue weighted by Gasteiger charge is 2.44. The summed E-state index contributed by atoms with van der Waals surface area (Å²) >= 11 is 0. The second kappa shape index (κ2) is 4.11. The molecule has 1 amide bonds. The topological polar surface area (TPSA) is 57.6 Å². The third kappa shape index (κ3) is 1.74. The van der Waals surface area contributed by atoms with Crippen molar-refractivity contribution in [1.29, 1.82) is 0 Å². The average molecular weight is 249 g/mol. The molecule has 1 saturated carbocycles. The van der Waals surface area contributed by atoms with Gasteiger partial charge in [0.2, 0.25) is 5.91 Å². The summed E-state index contributed by atoms with van der Waals surface area (Å²) in [5, 5.41) is 9.10. The number of carbonyl (C=O) groups is 2. The van der Waals surface area contributed by atoms with Crippen molar-refractivity contribution in [3.8, 4) is 0 Å². The van der Waals surface area contributed by atoms with E-state index in [1.54, 1.807) is 4.90 Å². The lowest BCUT2D eigenvalue weighted by atomic mass is 9.92. The normalized spacial score (nSPS) is 41.6. The highest BCUT2D eigenvalue weighted by atomic mass is 16.4. The van der Waals surface area contributed by atoms with E-state index in [2.05, 4.69) is 12.2 Å². The van der Waals surface area contributed by atoms with Crippen molar-refractivity contribution in [3.05, 3.63) is 12.2 Å². The maximum atomic E-state index is 12.5. The van der Waals surface area contributed by atoms with Gasteiger partial charge in [0.05, 0.1) is 5.92 Å². The van der Waals surface area contributed by atoms with Crippen LogP contribution in [0.5, 0.6) is 0 Å². The predicted octanol–water partition coefficient (Wildman–Crippen LogP) is 1.38. The van der Waals surface area contributed by atoms with Crippen LogP contribution in [0.25, 0.3) is 0 Å². The summed E-state index contributed by atoms with van der Waals surface area (Å²) in [5.74, 6) is 0.192. The van der Waals surface area contributed by atoms with Crippen molar-refractivity contribution in [1.82, 2.24) is 4.90 Å². The Morgan fingerprint density at radius 2 is 1.94 bits per heavy atom. The van der Waals surface area contributed by atoms with Crippen LogP contribution >= 0.6 is 0 Å². The van der Waals surface area contributed by atoms with Crippen molar-refractivity contribution in [2.75, 3.05) is 13.1 Å². The molecule has 2 bridgehead atoms. The standard InChI is InChI=1S/C14H19NO3/c1-8-6-15(7-12(8)14(17)18)13(16)11-5-9-2-3-10(11)4-9/h2-3,8-12H,4-7H2,1H3,(H,17,18). The average Bonchev–Trinajstić information content (AvgIpc) is 3.01. The quantitative estimate of drug-likeness (QED) is 0.752. The third-order valence-corrected chi connectivity index (χ3v) is 4.84. The molecule has 2 aliphatic carbocycles. The summed E-state index contributed by atoms with van der Waals surface area (Å²) in [5.41, 5.74) is 0. The van der Waals surface area contributed by atoms with E-state index in [0.717, 1.165) is 12.8 Å². The summed E-state index contributed by atoms with van der Waals surface area (Å²) in [7, 11) is 0. The molecule has 0 aromatic heterocycles. The first kappa shape index (κ1) is 11.8. The van der Waals surface area contributed by atoms with Crippen LogP contribution < -0.4 is 0 Å². The van der Waals surface area contributed by atoms with Gasteiger partial charge in [-0.25, -0.2) is 0 Å². The zero-order valence-corrected chi connectivity index (χ0v) is 10.6. The Bertz CT molecular complexity index is 417. The minimum Gasteiger partial charge on any atom is -0.481 e. The second-order valence-corrected chi connectivity index (χ2v) is 6.05. The molecule has 5 atom stereocenters. The summed E-state index contributed by atoms with van der Waals surface area (Å²) < 4.78 is 0. The SMILES string of the molecule is CC1CN(C(=O)C2CC3C=CC2C3)CC1C(=O)O. The van der Waals surface area contributed by atoms with E-state index in [-0.39, 0.29) is 23.7 Å². The Kier molecular flexibility index (Phi) is 2.68. The maximum absolute atomic E-state index is 12.5. The number of fused-ring (bicyclic) bond motifs is 2. The van der Waals surface area contributed by atoms with Crippen molar-refractivity contribution in [2.45, 2.75) is 19.8 Å². The molecule has 2 fully saturated rings. The molecular formula is C14H19NO3. The lowest BCUT2D eigenvalue weighted by molar-refractivity contribution is -0.142. The number of carboxylic acid groups (broad SMARTS) is 1. The highest BCUT2D eigenvalue weighted by Crippen LogP contribution is 2.44. The van der Waals surface area contributed by atoms with Gasteiger partial charge in [-0.3, -0.25) is 9.59 Å². The molecule has 0 radical (unpaired) electrons. The Morgan fingerprint density at radius 3 is 2.44 bits per heavy atom. The van der Waals surface area contributed by atoms with Crippen LogP contribution in [0, 0.1) is 29.6 Å². The zero-order valence-electron chi connectivity index (χ0n) is 10.6. The number of amides is 1. The van der Waals surface area contributed by atoms with Crippen LogP contribution in [-0.2, 0) is 9.59 Å². The summed E-state index contributed by atoms with van der Waals surface area (Å²) in [6, 6.07) is 0. The van der Waals surface area contributed by atoms with Crippen molar-refractivity contribution < 1.29 is 14.7 Å². The second-order valence-electron chi connectivity index (χ2n) is 6.05. The fraction of sp³-hybridized carbons (Fsp3) is 0.714. The predicted molar refractivity (Wildman–Crippen MR) is 65.7 cm³/mol. The van der Waals surface area contributed by atoms with Gasteiger partial charge < -0.3 is 10.0 Å². The summed E-state index contributed by atoms with van der Waals surface area (Å²) in [6.07, 6.45) is 6.47. The third-order valence-electron chi connectivity index (χ3n) is 4.84. The Balaban J connectivity index is 1.68. The van der Waals surface area contributed by atoms with Gasteiger partial charge in [0.15, 0.2) is 0 Å². The lowest BCUT2D eigenvalue weighted by Gasteiger charge is -2.24. The zero-order chi connectivity index (χ0) is 12.9. The Morgan fingerprint density at radius 1 is 1.17 bits per heavy atom. The van der Waals surface area contributed by atoms with Gasteiger partial charge in [-0.1, -0.05) is 19.1 Å². The number of aliphatic carboxylic acids is 1. The van der Waals surface area contributed by atoms with Gasteiger partial charge in [-0.2, -0.15) is 0 Å². The number of rotatable bonds is 2. The van der Waals surface area contributed by atoms with Gasteiger partial charge in [-0.05, 0) is 30.6 Å². The van der Waals surface area contributed by atoms with Crippen LogP contribution in [0.1, 0.15) is 19.8 Å². The van der Waals surface area contributed by atoms with Crippen LogP contribution in [0.4, 0.5) is 0 Å². The fourth-order valence-electron chi connectivity index (χ4n) is 3.77. The molecule has 1 saturated heterocycles. The van der Waals surface area contributed by atoms with Gasteiger partial charge >= 0.3 is 5.97 Å². The smallest absolute Gasteiger partial charge is 0.308 e. The van der Waals surface area contributed by atoms with Crippen LogP contribution in [-0.4, -0.2) is 35.0 Å². The fourth-order valence-corrected chi connectivity index (χ4v) is 3.77. The molecule has 1 N–H and O–H groups in total. The molecule has 0 aromatic carbocycles. The first-order valence-electron chi connectivity index (χ1n) is 6.76. The maximum Gasteiger partial charge on any atom is 0.308 e. The van der Waals surface area contributed by atoms with Crippen LogP contribution in [0.2, 0.25) is 0 Å². The molecule has 4 nitrogen and oxygen atoms in total. The molecule has 98 valence electrons. The van der Waals surface area contributed by atoms with Gasteiger partial charge in [0.25, 0.3) is 0 Å². The van der Waals surface area contributed by atoms with Crippen molar-refractivity contribution in [2.24, 2.45) is 29.6 Å². The number of likely N-dealkylation sites (tertiary alicyclic amines) is 1. The molecule has 3 aliphatic rings. The van der Waals surface area contributed by atoms with Crippen molar-refractivity contribution in [3.63, 3.8) is 0 Å². The highest BCUT2D eigenvalue weighted by molar-refractivity contribution is 5.82. The minimum atomic E-state index is -0.773. The van der Waals surface area contributed by atoms with E-state index in [0.29, 0.717) is 24.9 Å². The van der Waals surface area contributed by atoms with Crippen molar-refractivity contribution >= 4 is 11.9 Å². The van der Waals surface area contributed by atoms with E-state index in [1.807, 2.05) is 6.92 Å². The molecular weight excluding hydrogens is 230 g/mol. The Hall–Kier alpha value is -1.32. The van der Waals surface area contributed by atoms with Gasteiger partial charge in [0.1, 0.15) is 0 Å². The first-order chi connectivity index (χ1) is 8.56. The number of allylic oxidation sites excluding steroid dienone is 2. The Labute approximate surface area is 107 Å². The number of carbonyl (C=O) groups excluding carboxylic acids is 1. The number of carboxylic acids is 1. The summed E-state index contributed by atoms with van der Waals surface area (Å²) in [4.78, 5) is 25.3. The molecule has 4 heteroatoms. The van der Waals surface area contributed by atoms with E-state index < -0.39 is 5.97 Å². The lowest BCUT2D eigenvalue weighted by Crippen LogP contribution is -2.36. The molecule has 3 rings (SSSR count). The molecule has 0 aromatic rings. The summed E-state index contributed by atoms with van der Waals surface area (Å²) in [6.45, 7) is 2.92. The number of nitrogens with zero attached hydrogens (tertiary/aromatic N) is 1. The van der Waals surface area contributed by atoms with E-state index in [9.17, 15) is 9.59 Å². The van der Waals surface area contributed by atoms with E-state index in [1.165, 1.54) is 0 Å². The molecule has 1 heterocycles. The largest absolute Gasteiger partial charge is 0.481 e. The van der Waals surface area contributed by atoms with Crippen LogP contribution in [0.3, 0.4) is 0 Å². The number of hydrogen-bond acceptors (Lipinski definition) is 2. The number of hydrogen-bond donors (Lipinski definition) is 1. The molecule has 1 aliphatic heterocycles. The molecule has 5 unspecified atom stereocenters. The minimum absolute atomic E-state index is 0.0700. The monoisotopic (exact) mass is 249 g/mol. The van der Waals surface area contributed by atoms with E-state index in [4.69, 9.17) is 5.11 Å². The van der Waals surface area contributed by atoms with E-state index >= 15 is 0 Å². The molecule has 18 heavy (non-hydrogen) atoms. The van der Waals surface area contributed by atoms with Gasteiger partial charge in [0, 0.05) is 19.0 Å². The molecule has 0 spiro atoms.